The van der Waals surface area contributed by atoms with Crippen LogP contribution in [0.4, 0.5) is 0 Å². The van der Waals surface area contributed by atoms with Crippen molar-refractivity contribution in [2.24, 2.45) is 0 Å². The second kappa shape index (κ2) is 4.79. The van der Waals surface area contributed by atoms with Gasteiger partial charge in [0.1, 0.15) is 0 Å². The Balaban J connectivity index is 1.79. The van der Waals surface area contributed by atoms with E-state index in [1.807, 2.05) is 0 Å². The van der Waals surface area contributed by atoms with Gasteiger partial charge in [0.25, 0.3) is 0 Å². The Morgan fingerprint density at radius 1 is 1.29 bits per heavy atom. The summed E-state index contributed by atoms with van der Waals surface area (Å²) in [5, 5.41) is 3.61. The number of fused-ring (bicyclic) bond motifs is 1. The van der Waals surface area contributed by atoms with Gasteiger partial charge in [-0.05, 0) is 45.5 Å². The minimum Gasteiger partial charge on any atom is -0.314 e. The molecule has 1 aromatic carbocycles. The second-order valence-corrected chi connectivity index (χ2v) is 5.94. The van der Waals surface area contributed by atoms with E-state index in [1.165, 1.54) is 12.0 Å². The van der Waals surface area contributed by atoms with E-state index in [4.69, 9.17) is 0 Å². The zero-order valence-corrected chi connectivity index (χ0v) is 11.5. The highest BCUT2D eigenvalue weighted by Crippen LogP contribution is 2.34. The van der Waals surface area contributed by atoms with Crippen molar-refractivity contribution < 1.29 is 0 Å². The number of rotatable bonds is 5. The molecule has 0 aromatic heterocycles. The van der Waals surface area contributed by atoms with Crippen LogP contribution in [-0.4, -0.2) is 37.6 Å². The van der Waals surface area contributed by atoms with E-state index in [0.29, 0.717) is 0 Å². The molecule has 17 heavy (non-hydrogen) atoms. The van der Waals surface area contributed by atoms with Crippen molar-refractivity contribution in [1.82, 2.24) is 10.2 Å². The summed E-state index contributed by atoms with van der Waals surface area (Å²) in [5.74, 6) is 0.726. The first-order valence-corrected chi connectivity index (χ1v) is 6.46. The third-order valence-electron chi connectivity index (χ3n) is 4.12. The predicted octanol–water partition coefficient (Wildman–Crippen LogP) is 2.26. The van der Waals surface area contributed by atoms with Crippen LogP contribution in [0.3, 0.4) is 0 Å². The summed E-state index contributed by atoms with van der Waals surface area (Å²) < 4.78 is 0. The van der Waals surface area contributed by atoms with Gasteiger partial charge in [-0.2, -0.15) is 0 Å². The normalized spacial score (nSPS) is 19.0. The van der Waals surface area contributed by atoms with Crippen LogP contribution in [-0.2, 0) is 6.42 Å². The lowest BCUT2D eigenvalue weighted by atomic mass is 9.77. The SMILES string of the molecule is CN(C)C(C)(C)CNCC1Cc2ccccc21. The Morgan fingerprint density at radius 2 is 2.00 bits per heavy atom. The molecule has 1 aliphatic carbocycles. The Hall–Kier alpha value is -0.860. The fourth-order valence-electron chi connectivity index (χ4n) is 2.26. The van der Waals surface area contributed by atoms with Gasteiger partial charge < -0.3 is 10.2 Å². The van der Waals surface area contributed by atoms with Crippen LogP contribution in [0.15, 0.2) is 24.3 Å². The van der Waals surface area contributed by atoms with Crippen molar-refractivity contribution in [3.63, 3.8) is 0 Å². The molecule has 0 saturated heterocycles. The highest BCUT2D eigenvalue weighted by atomic mass is 15.2. The van der Waals surface area contributed by atoms with E-state index in [-0.39, 0.29) is 5.54 Å². The summed E-state index contributed by atoms with van der Waals surface area (Å²) in [6, 6.07) is 8.80. The number of likely N-dealkylation sites (N-methyl/N-ethyl adjacent to an activating group) is 1. The molecule has 2 rings (SSSR count). The molecule has 0 saturated carbocycles. The summed E-state index contributed by atoms with van der Waals surface area (Å²) >= 11 is 0. The Kier molecular flexibility index (Phi) is 3.55. The summed E-state index contributed by atoms with van der Waals surface area (Å²) in [4.78, 5) is 2.27. The molecule has 2 heteroatoms. The van der Waals surface area contributed by atoms with Crippen LogP contribution in [0, 0.1) is 0 Å². The van der Waals surface area contributed by atoms with Gasteiger partial charge in [0.2, 0.25) is 0 Å². The molecule has 0 heterocycles. The van der Waals surface area contributed by atoms with Gasteiger partial charge in [-0.3, -0.25) is 0 Å². The minimum absolute atomic E-state index is 0.225. The summed E-state index contributed by atoms with van der Waals surface area (Å²) in [5.41, 5.74) is 3.30. The van der Waals surface area contributed by atoms with Crippen LogP contribution >= 0.6 is 0 Å². The largest absolute Gasteiger partial charge is 0.314 e. The number of nitrogens with one attached hydrogen (secondary N) is 1. The Bertz CT molecular complexity index is 382. The predicted molar refractivity (Wildman–Crippen MR) is 73.5 cm³/mol. The monoisotopic (exact) mass is 232 g/mol. The first-order chi connectivity index (χ1) is 8.00. The molecule has 1 N–H and O–H groups in total. The average molecular weight is 232 g/mol. The Labute approximate surface area is 105 Å². The average Bonchev–Trinajstić information content (AvgIpc) is 2.24. The minimum atomic E-state index is 0.225. The molecule has 2 nitrogen and oxygen atoms in total. The molecule has 0 radical (unpaired) electrons. The van der Waals surface area contributed by atoms with Crippen molar-refractivity contribution in [2.45, 2.75) is 31.7 Å². The van der Waals surface area contributed by atoms with Crippen molar-refractivity contribution in [3.8, 4) is 0 Å². The van der Waals surface area contributed by atoms with E-state index < -0.39 is 0 Å². The number of hydrogen-bond donors (Lipinski definition) is 1. The molecule has 0 amide bonds. The van der Waals surface area contributed by atoms with Gasteiger partial charge in [0.05, 0.1) is 0 Å². The molecule has 0 aliphatic heterocycles. The van der Waals surface area contributed by atoms with Crippen LogP contribution in [0.2, 0.25) is 0 Å². The van der Waals surface area contributed by atoms with E-state index in [0.717, 1.165) is 19.0 Å². The molecule has 1 atom stereocenters. The molecule has 0 bridgehead atoms. The van der Waals surface area contributed by atoms with Gasteiger partial charge in [-0.25, -0.2) is 0 Å². The van der Waals surface area contributed by atoms with E-state index in [9.17, 15) is 0 Å². The third-order valence-corrected chi connectivity index (χ3v) is 4.12. The number of hydrogen-bond acceptors (Lipinski definition) is 2. The summed E-state index contributed by atoms with van der Waals surface area (Å²) in [7, 11) is 4.28. The van der Waals surface area contributed by atoms with E-state index >= 15 is 0 Å². The maximum absolute atomic E-state index is 3.61. The van der Waals surface area contributed by atoms with Gasteiger partial charge in [0.15, 0.2) is 0 Å². The second-order valence-electron chi connectivity index (χ2n) is 5.94. The van der Waals surface area contributed by atoms with Crippen LogP contribution in [0.25, 0.3) is 0 Å². The lowest BCUT2D eigenvalue weighted by molar-refractivity contribution is 0.189. The molecular formula is C15H24N2. The lowest BCUT2D eigenvalue weighted by Crippen LogP contribution is -2.47. The maximum Gasteiger partial charge on any atom is 0.0271 e. The molecule has 1 unspecified atom stereocenters. The van der Waals surface area contributed by atoms with Crippen LogP contribution in [0.1, 0.15) is 30.9 Å². The fourth-order valence-corrected chi connectivity index (χ4v) is 2.26. The van der Waals surface area contributed by atoms with Crippen LogP contribution < -0.4 is 5.32 Å². The molecular weight excluding hydrogens is 208 g/mol. The van der Waals surface area contributed by atoms with E-state index in [2.05, 4.69) is 62.4 Å². The smallest absolute Gasteiger partial charge is 0.0271 e. The molecule has 94 valence electrons. The van der Waals surface area contributed by atoms with E-state index in [1.54, 1.807) is 5.56 Å². The fraction of sp³-hybridized carbons (Fsp3) is 0.600. The molecule has 1 aliphatic rings. The van der Waals surface area contributed by atoms with Crippen molar-refractivity contribution in [1.29, 1.82) is 0 Å². The highest BCUT2D eigenvalue weighted by molar-refractivity contribution is 5.40. The van der Waals surface area contributed by atoms with Crippen LogP contribution in [0.5, 0.6) is 0 Å². The van der Waals surface area contributed by atoms with Crippen molar-refractivity contribution in [2.75, 3.05) is 27.2 Å². The maximum atomic E-state index is 3.61. The van der Waals surface area contributed by atoms with Crippen molar-refractivity contribution >= 4 is 0 Å². The molecule has 0 fully saturated rings. The zero-order chi connectivity index (χ0) is 12.5. The quantitative estimate of drug-likeness (QED) is 0.837. The number of benzene rings is 1. The third kappa shape index (κ3) is 2.70. The van der Waals surface area contributed by atoms with Gasteiger partial charge >= 0.3 is 0 Å². The first-order valence-electron chi connectivity index (χ1n) is 6.46. The topological polar surface area (TPSA) is 15.3 Å². The summed E-state index contributed by atoms with van der Waals surface area (Å²) in [6.45, 7) is 6.69. The highest BCUT2D eigenvalue weighted by Gasteiger charge is 2.26. The van der Waals surface area contributed by atoms with Gasteiger partial charge in [-0.1, -0.05) is 24.3 Å². The molecule has 1 aromatic rings. The number of nitrogens with zero attached hydrogens (tertiary/aromatic N) is 1. The molecule has 0 spiro atoms. The van der Waals surface area contributed by atoms with Crippen molar-refractivity contribution in [3.05, 3.63) is 35.4 Å². The van der Waals surface area contributed by atoms with Gasteiger partial charge in [-0.15, -0.1) is 0 Å². The van der Waals surface area contributed by atoms with Gasteiger partial charge in [0, 0.05) is 24.5 Å². The summed E-state index contributed by atoms with van der Waals surface area (Å²) in [6.07, 6.45) is 1.24. The zero-order valence-electron chi connectivity index (χ0n) is 11.5. The Morgan fingerprint density at radius 3 is 2.65 bits per heavy atom. The lowest BCUT2D eigenvalue weighted by Gasteiger charge is -2.35. The standard InChI is InChI=1S/C15H24N2/c1-15(2,17(3)4)11-16-10-13-9-12-7-5-6-8-14(12)13/h5-8,13,16H,9-11H2,1-4H3. The first kappa shape index (κ1) is 12.6.